The molecule has 0 aliphatic carbocycles. The lowest BCUT2D eigenvalue weighted by atomic mass is 10.2. The van der Waals surface area contributed by atoms with Crippen molar-refractivity contribution in [1.29, 1.82) is 0 Å². The molecule has 0 saturated heterocycles. The standard InChI is InChI=1S/C20H16F2N2O4S/c1-28-19-5-3-2-4-18(19)23-20(25)13-6-8-14(9-7-13)24-29(26,27)15-10-11-16(21)17(22)12-15/h2-12,24H,1H3,(H,23,25)/p-1. The van der Waals surface area contributed by atoms with Crippen LogP contribution in [-0.4, -0.2) is 21.4 Å². The minimum absolute atomic E-state index is 0.142. The van der Waals surface area contributed by atoms with Gasteiger partial charge in [0.05, 0.1) is 12.0 Å². The number of nitrogens with zero attached hydrogens (tertiary/aromatic N) is 1. The van der Waals surface area contributed by atoms with Crippen molar-refractivity contribution in [2.45, 2.75) is 4.90 Å². The maximum atomic E-state index is 13.3. The molecular weight excluding hydrogens is 402 g/mol. The van der Waals surface area contributed by atoms with Crippen molar-refractivity contribution in [3.05, 3.63) is 83.9 Å². The number of para-hydroxylation sites is 2. The summed E-state index contributed by atoms with van der Waals surface area (Å²) in [6, 6.07) is 14.5. The topological polar surface area (TPSA) is 90.8 Å². The Labute approximate surface area is 166 Å². The van der Waals surface area contributed by atoms with Gasteiger partial charge in [0, 0.05) is 5.69 Å². The summed E-state index contributed by atoms with van der Waals surface area (Å²) in [5.74, 6) is -2.52. The van der Waals surface area contributed by atoms with Crippen molar-refractivity contribution in [1.82, 2.24) is 0 Å². The van der Waals surface area contributed by atoms with Crippen LogP contribution >= 0.6 is 0 Å². The van der Waals surface area contributed by atoms with Crippen LogP contribution in [0.2, 0.25) is 0 Å². The van der Waals surface area contributed by atoms with Crippen molar-refractivity contribution in [2.75, 3.05) is 11.8 Å². The zero-order chi connectivity index (χ0) is 21.0. The minimum Gasteiger partial charge on any atom is -0.858 e. The van der Waals surface area contributed by atoms with Gasteiger partial charge in [-0.25, -0.2) is 17.2 Å². The van der Waals surface area contributed by atoms with Gasteiger partial charge in [-0.1, -0.05) is 24.3 Å². The second-order valence-electron chi connectivity index (χ2n) is 5.85. The highest BCUT2D eigenvalue weighted by molar-refractivity contribution is 7.92. The molecule has 0 atom stereocenters. The number of ether oxygens (including phenoxy) is 1. The molecule has 0 saturated carbocycles. The first-order valence-corrected chi connectivity index (χ1v) is 9.75. The molecule has 0 amide bonds. The fraction of sp³-hybridized carbons (Fsp3) is 0.0500. The minimum atomic E-state index is -4.12. The number of sulfonamides is 1. The highest BCUT2D eigenvalue weighted by atomic mass is 32.2. The molecule has 9 heteroatoms. The van der Waals surface area contributed by atoms with Gasteiger partial charge in [0.25, 0.3) is 10.0 Å². The number of anilines is 1. The van der Waals surface area contributed by atoms with Crippen molar-refractivity contribution in [3.63, 3.8) is 0 Å². The summed E-state index contributed by atoms with van der Waals surface area (Å²) in [6.07, 6.45) is 0. The van der Waals surface area contributed by atoms with E-state index >= 15 is 0 Å². The largest absolute Gasteiger partial charge is 0.858 e. The number of aliphatic imine (C=N–C) groups is 1. The molecule has 150 valence electrons. The normalized spacial score (nSPS) is 11.9. The molecule has 0 aromatic heterocycles. The molecule has 3 aromatic carbocycles. The fourth-order valence-electron chi connectivity index (χ4n) is 2.44. The first kappa shape index (κ1) is 20.3. The van der Waals surface area contributed by atoms with Crippen molar-refractivity contribution in [2.24, 2.45) is 4.99 Å². The number of rotatable bonds is 6. The number of benzene rings is 3. The first-order valence-electron chi connectivity index (χ1n) is 8.27. The van der Waals surface area contributed by atoms with Gasteiger partial charge in [-0.15, -0.1) is 0 Å². The van der Waals surface area contributed by atoms with Gasteiger partial charge in [-0.3, -0.25) is 9.71 Å². The quantitative estimate of drug-likeness (QED) is 0.493. The molecule has 0 fully saturated rings. The molecule has 0 spiro atoms. The van der Waals surface area contributed by atoms with E-state index in [1.807, 2.05) is 0 Å². The number of halogens is 2. The average Bonchev–Trinajstić information content (AvgIpc) is 2.70. The predicted molar refractivity (Wildman–Crippen MR) is 103 cm³/mol. The summed E-state index contributed by atoms with van der Waals surface area (Å²) >= 11 is 0. The second-order valence-corrected chi connectivity index (χ2v) is 7.53. The van der Waals surface area contributed by atoms with E-state index in [-0.39, 0.29) is 11.3 Å². The smallest absolute Gasteiger partial charge is 0.261 e. The lowest BCUT2D eigenvalue weighted by molar-refractivity contribution is -0.212. The van der Waals surface area contributed by atoms with Crippen molar-refractivity contribution >= 4 is 27.3 Å². The van der Waals surface area contributed by atoms with Gasteiger partial charge in [-0.2, -0.15) is 0 Å². The number of hydrogen-bond acceptors (Lipinski definition) is 5. The molecule has 0 radical (unpaired) electrons. The van der Waals surface area contributed by atoms with Gasteiger partial charge >= 0.3 is 0 Å². The Morgan fingerprint density at radius 3 is 2.34 bits per heavy atom. The Kier molecular flexibility index (Phi) is 5.79. The van der Waals surface area contributed by atoms with Crippen LogP contribution in [0.4, 0.5) is 20.2 Å². The highest BCUT2D eigenvalue weighted by Gasteiger charge is 2.16. The van der Waals surface area contributed by atoms with Gasteiger partial charge in [0.2, 0.25) is 0 Å². The summed E-state index contributed by atoms with van der Waals surface area (Å²) in [5.41, 5.74) is 0.735. The molecule has 0 aliphatic rings. The van der Waals surface area contributed by atoms with E-state index in [0.717, 1.165) is 12.1 Å². The summed E-state index contributed by atoms with van der Waals surface area (Å²) in [6.45, 7) is 0. The van der Waals surface area contributed by atoms with Crippen LogP contribution in [-0.2, 0) is 10.0 Å². The fourth-order valence-corrected chi connectivity index (χ4v) is 3.51. The molecule has 0 heterocycles. The predicted octanol–water partition coefficient (Wildman–Crippen LogP) is 3.21. The van der Waals surface area contributed by atoms with E-state index < -0.39 is 32.5 Å². The summed E-state index contributed by atoms with van der Waals surface area (Å²) in [4.78, 5) is 3.56. The van der Waals surface area contributed by atoms with Gasteiger partial charge < -0.3 is 9.84 Å². The van der Waals surface area contributed by atoms with E-state index in [1.54, 1.807) is 24.3 Å². The zero-order valence-electron chi connectivity index (χ0n) is 15.1. The Bertz CT molecular complexity index is 1160. The number of methoxy groups -OCH3 is 1. The molecule has 0 unspecified atom stereocenters. The highest BCUT2D eigenvalue weighted by Crippen LogP contribution is 2.27. The molecule has 29 heavy (non-hydrogen) atoms. The Morgan fingerprint density at radius 2 is 1.69 bits per heavy atom. The zero-order valence-corrected chi connectivity index (χ0v) is 15.9. The van der Waals surface area contributed by atoms with E-state index in [1.165, 1.54) is 31.4 Å². The van der Waals surface area contributed by atoms with E-state index in [9.17, 15) is 22.3 Å². The van der Waals surface area contributed by atoms with Crippen LogP contribution in [0.5, 0.6) is 5.75 Å². The van der Waals surface area contributed by atoms with Gasteiger partial charge in [0.15, 0.2) is 11.6 Å². The summed E-state index contributed by atoms with van der Waals surface area (Å²) in [5, 5.41) is 12.3. The Hall–Kier alpha value is -3.46. The van der Waals surface area contributed by atoms with Crippen LogP contribution in [0.1, 0.15) is 5.56 Å². The van der Waals surface area contributed by atoms with E-state index in [0.29, 0.717) is 17.5 Å². The molecule has 0 aliphatic heterocycles. The maximum absolute atomic E-state index is 13.3. The van der Waals surface area contributed by atoms with Crippen LogP contribution < -0.4 is 14.6 Å². The lowest BCUT2D eigenvalue weighted by Gasteiger charge is -2.14. The van der Waals surface area contributed by atoms with Gasteiger partial charge in [-0.05, 0) is 53.9 Å². The van der Waals surface area contributed by atoms with Crippen LogP contribution in [0, 0.1) is 11.6 Å². The molecule has 1 N–H and O–H groups in total. The molecular formula is C20H15F2N2O4S-. The molecule has 3 rings (SSSR count). The average molecular weight is 417 g/mol. The first-order chi connectivity index (χ1) is 13.8. The van der Waals surface area contributed by atoms with Crippen molar-refractivity contribution in [3.8, 4) is 5.75 Å². The van der Waals surface area contributed by atoms with Crippen molar-refractivity contribution < 1.29 is 27.0 Å². The third-order valence-corrected chi connectivity index (χ3v) is 5.27. The number of hydrogen-bond donors (Lipinski definition) is 1. The molecule has 6 nitrogen and oxygen atoms in total. The lowest BCUT2D eigenvalue weighted by Crippen LogP contribution is -2.18. The third-order valence-electron chi connectivity index (χ3n) is 3.89. The van der Waals surface area contributed by atoms with Crippen LogP contribution in [0.25, 0.3) is 0 Å². The molecule has 0 bridgehead atoms. The van der Waals surface area contributed by atoms with E-state index in [4.69, 9.17) is 4.74 Å². The SMILES string of the molecule is COc1ccccc1N=C([O-])c1ccc(NS(=O)(=O)c2ccc(F)c(F)c2)cc1. The van der Waals surface area contributed by atoms with E-state index in [2.05, 4.69) is 9.71 Å². The van der Waals surface area contributed by atoms with Crippen LogP contribution in [0.3, 0.4) is 0 Å². The maximum Gasteiger partial charge on any atom is 0.261 e. The molecule has 3 aromatic rings. The second kappa shape index (κ2) is 8.27. The Morgan fingerprint density at radius 1 is 1.00 bits per heavy atom. The van der Waals surface area contributed by atoms with Crippen LogP contribution in [0.15, 0.2) is 76.6 Å². The monoisotopic (exact) mass is 417 g/mol. The third kappa shape index (κ3) is 4.69. The number of nitrogens with one attached hydrogen (secondary N) is 1. The Balaban J connectivity index is 1.81. The summed E-state index contributed by atoms with van der Waals surface area (Å²) < 4.78 is 58.3. The summed E-state index contributed by atoms with van der Waals surface area (Å²) in [7, 11) is -2.66. The van der Waals surface area contributed by atoms with Gasteiger partial charge in [0.1, 0.15) is 11.4 Å².